The minimum Gasteiger partial charge on any atom is -0.481 e. The number of ketones is 1. The maximum absolute atomic E-state index is 14.6. The normalized spacial score (nSPS) is 24.5. The number of fused-ring (bicyclic) bond motifs is 6. The minimum atomic E-state index is -2.10. The van der Waals surface area contributed by atoms with Gasteiger partial charge in [0.2, 0.25) is 41.7 Å². The van der Waals surface area contributed by atoms with Crippen molar-refractivity contribution >= 4 is 105 Å². The molecule has 139 heavy (non-hydrogen) atoms. The van der Waals surface area contributed by atoms with Crippen LogP contribution in [0.1, 0.15) is 148 Å². The minimum absolute atomic E-state index is 0.000940. The molecule has 6 aliphatic rings. The van der Waals surface area contributed by atoms with Gasteiger partial charge in [0.25, 0.3) is 0 Å². The zero-order valence-electron chi connectivity index (χ0n) is 81.4. The van der Waals surface area contributed by atoms with Crippen LogP contribution in [0.25, 0.3) is 11.0 Å². The number of nitrogens with one attached hydrogen (secondary N) is 5. The topological polar surface area (TPSA) is 528 Å². The summed E-state index contributed by atoms with van der Waals surface area (Å²) in [5, 5.41) is 78.1. The van der Waals surface area contributed by atoms with Gasteiger partial charge in [-0.05, 0) is 126 Å². The highest BCUT2D eigenvalue weighted by Gasteiger charge is 2.65. The number of piperidine rings is 2. The third-order valence-corrected chi connectivity index (χ3v) is 26.8. The number of likely N-dealkylation sites (N-methyl/N-ethyl adjacent to an activating group) is 1. The number of carboxylic acid groups (broad SMARTS) is 2. The maximum Gasteiger partial charge on any atom is 0.410 e. The number of carboxylic acids is 2. The second-order valence-electron chi connectivity index (χ2n) is 36.9. The Bertz CT molecular complexity index is 4970. The van der Waals surface area contributed by atoms with Crippen molar-refractivity contribution in [3.05, 3.63) is 106 Å². The van der Waals surface area contributed by atoms with Crippen LogP contribution >= 0.6 is 11.6 Å². The summed E-state index contributed by atoms with van der Waals surface area (Å²) in [6, 6.07) is 11.2. The van der Waals surface area contributed by atoms with Gasteiger partial charge in [-0.15, -0.1) is 0 Å². The van der Waals surface area contributed by atoms with Crippen molar-refractivity contribution in [2.75, 3.05) is 138 Å². The number of hydrazine groups is 1. The average molecular weight is 1970 g/mol. The van der Waals surface area contributed by atoms with Crippen LogP contribution in [0.5, 0.6) is 5.75 Å². The van der Waals surface area contributed by atoms with Crippen LogP contribution in [0.4, 0.5) is 21.0 Å². The van der Waals surface area contributed by atoms with Crippen molar-refractivity contribution in [1.29, 1.82) is 0 Å². The number of aliphatic hydroxyl groups is 4. The van der Waals surface area contributed by atoms with E-state index in [1.165, 1.54) is 60.9 Å². The zero-order valence-corrected chi connectivity index (χ0v) is 82.2. The molecule has 2 aromatic heterocycles. The van der Waals surface area contributed by atoms with Crippen molar-refractivity contribution in [3.8, 4) is 5.75 Å². The number of aliphatic hydroxyl groups excluding tert-OH is 3. The first kappa shape index (κ1) is 111. The summed E-state index contributed by atoms with van der Waals surface area (Å²) in [6.07, 6.45) is -8.56. The highest BCUT2D eigenvalue weighted by molar-refractivity contribution is 6.34. The van der Waals surface area contributed by atoms with E-state index in [-0.39, 0.29) is 140 Å². The lowest BCUT2D eigenvalue weighted by molar-refractivity contribution is -0.271. The van der Waals surface area contributed by atoms with Crippen LogP contribution < -0.4 is 36.3 Å². The van der Waals surface area contributed by atoms with Crippen LogP contribution in [-0.4, -0.2) is 354 Å². The highest BCUT2D eigenvalue weighted by atomic mass is 35.5. The first-order chi connectivity index (χ1) is 66.1. The van der Waals surface area contributed by atoms with E-state index in [2.05, 4.69) is 42.3 Å². The quantitative estimate of drug-likeness (QED) is 0.00940. The molecule has 8 heterocycles. The van der Waals surface area contributed by atoms with Crippen LogP contribution in [0, 0.1) is 24.7 Å². The van der Waals surface area contributed by atoms with Crippen molar-refractivity contribution in [2.45, 2.75) is 249 Å². The van der Waals surface area contributed by atoms with Gasteiger partial charge >= 0.3 is 30.1 Å². The third kappa shape index (κ3) is 30.6. The number of amides is 8. The number of carbonyl (C=O) groups excluding carboxylic acids is 10. The molecule has 11 N–H and O–H groups in total. The van der Waals surface area contributed by atoms with E-state index in [0.29, 0.717) is 68.4 Å². The molecule has 768 valence electrons. The molecule has 5 fully saturated rings. The van der Waals surface area contributed by atoms with Crippen LogP contribution in [-0.2, 0) is 121 Å². The Kier molecular flexibility index (Phi) is 41.2. The van der Waals surface area contributed by atoms with Gasteiger partial charge in [0, 0.05) is 154 Å². The van der Waals surface area contributed by atoms with E-state index in [1.54, 1.807) is 59.2 Å². The number of hydrogen-bond acceptors (Lipinski definition) is 31. The Labute approximate surface area is 813 Å². The Hall–Kier alpha value is -10.4. The summed E-state index contributed by atoms with van der Waals surface area (Å²) in [7, 11) is 8.11. The lowest BCUT2D eigenvalue weighted by Crippen LogP contribution is -2.63. The van der Waals surface area contributed by atoms with E-state index in [4.69, 9.17) is 68.8 Å². The van der Waals surface area contributed by atoms with Crippen molar-refractivity contribution in [3.63, 3.8) is 0 Å². The number of benzene rings is 2. The number of aliphatic carboxylic acids is 2. The first-order valence-electron chi connectivity index (χ1n) is 47.3. The van der Waals surface area contributed by atoms with Crippen LogP contribution in [0.15, 0.2) is 78.5 Å². The summed E-state index contributed by atoms with van der Waals surface area (Å²) in [5.41, 5.74) is 4.56. The predicted octanol–water partition coefficient (Wildman–Crippen LogP) is 4.69. The predicted molar refractivity (Wildman–Crippen MR) is 503 cm³/mol. The number of nitrogens with zero attached hydrogens (tertiary/aromatic N) is 8. The number of hydrogen-bond donors (Lipinski definition) is 11. The molecular formula is C96H138ClN13O29. The van der Waals surface area contributed by atoms with Crippen molar-refractivity contribution < 1.29 is 140 Å². The monoisotopic (exact) mass is 1970 g/mol. The second-order valence-corrected chi connectivity index (χ2v) is 37.3. The number of allylic oxidation sites excluding steroid dienone is 3. The fraction of sp³-hybridized carbons (Fsp3) is 0.635. The molecule has 0 aliphatic carbocycles. The lowest BCUT2D eigenvalue weighted by atomic mass is 9.83. The van der Waals surface area contributed by atoms with E-state index in [9.17, 15) is 83.1 Å². The fourth-order valence-electron chi connectivity index (χ4n) is 17.7. The number of anilines is 2. The van der Waals surface area contributed by atoms with E-state index in [1.807, 2.05) is 62.1 Å². The van der Waals surface area contributed by atoms with Crippen LogP contribution in [0.3, 0.4) is 0 Å². The van der Waals surface area contributed by atoms with E-state index >= 15 is 0 Å². The standard InChI is InChI=1S/C96H138ClN13O29/c1-56(2)82(102-75(112)28-38-130-42-44-132-40-31-99-65-23-32-107(33-24-65)77(114)27-36-110-67(54-104(10)98-9)51-64-17-15-30-100-88(64)110)70(111)48-59(5)89(122)101-68-20-19-62(50-71(68)135-92-85(121)83(119)84(120)86(138-92)90(123)124)55-134-94(127)108-34-25-66(26-35-108)109(37-41-133-45-43-131-39-29-80(117)118)78(115)22-21-76(113)105(11)61(7)91(125)137-74-52-79(116)106(12)69-49-63(47-58(4)81(69)97)46-57(3)16-14-18-73(129-13)96(128)53-72(136-93(126)103-96)60(6)87-95(74,8)139-87/h14-20,30,47,49-51,56,59-61,65-66,72-74,82-87,92,98-99,119-121,128H,21-29,31-46,48,52-55H2,1-13H3,(H,101,122)(H,102,112)(H,103,126)(H,117,118)(H,123,124)/b18-14+,57-16+/t59-,60-,61+,72+,73-,74+,82+,83+,84+,85-,86+,87?,92-,95+,96-/m1/s1. The molecule has 0 radical (unpaired) electrons. The number of likely N-dealkylation sites (tertiary alicyclic amines) is 2. The van der Waals surface area contributed by atoms with Gasteiger partial charge in [-0.2, -0.15) is 0 Å². The molecule has 0 saturated carbocycles. The molecule has 0 spiro atoms. The number of alkyl carbamates (subject to hydrolysis) is 1. The van der Waals surface area contributed by atoms with E-state index < -0.39 is 187 Å². The molecular weight excluding hydrogens is 1830 g/mol. The number of carbonyl (C=O) groups is 12. The Morgan fingerprint density at radius 3 is 2.15 bits per heavy atom. The Balaban J connectivity index is 0.703. The largest absolute Gasteiger partial charge is 0.481 e. The fourth-order valence-corrected chi connectivity index (χ4v) is 17.9. The van der Waals surface area contributed by atoms with Crippen LogP contribution in [0.2, 0.25) is 5.02 Å². The molecule has 2 aromatic carbocycles. The SMILES string of the molecule is CNN(C)Cc1cc2cccnc2n1CCC(=O)N1CCC(NCCOCCOCCC(=O)N[C@H](C(=O)C[C@@H](C)C(=O)Nc2ccc(COC(=O)N3CCC(N(CCOCCOCCC(=O)O)C(=O)CCC(=O)N(C)[C@@H](C)C(=O)O[C@H]4CC(=O)N(C)c5cc(cc(C)c5Cl)C/C(C)=C/C=C/[C@@H](OC)[C@]5(O)C[C@H](OC(=O)N5)[C@@H](C)C5O[C@]54C)CC3)cc2O[C@@H]2O[C@H](C(=O)O)[C@@H](O)[C@H](O)[C@H]2O)C(C)C)CC1. The van der Waals surface area contributed by atoms with Gasteiger partial charge in [-0.1, -0.05) is 75.2 Å². The third-order valence-electron chi connectivity index (χ3n) is 26.3. The molecule has 10 rings (SSSR count). The zero-order chi connectivity index (χ0) is 101. The Morgan fingerprint density at radius 2 is 1.47 bits per heavy atom. The maximum atomic E-state index is 14.6. The molecule has 43 heteroatoms. The smallest absolute Gasteiger partial charge is 0.410 e. The molecule has 15 atom stereocenters. The summed E-state index contributed by atoms with van der Waals surface area (Å²) in [5.74, 6) is -9.36. The van der Waals surface area contributed by atoms with Gasteiger partial charge in [0.1, 0.15) is 66.3 Å². The molecule has 6 aliphatic heterocycles. The Morgan fingerprint density at radius 1 is 0.799 bits per heavy atom. The lowest BCUT2D eigenvalue weighted by Gasteiger charge is -2.42. The van der Waals surface area contributed by atoms with Gasteiger partial charge in [-0.25, -0.2) is 29.2 Å². The summed E-state index contributed by atoms with van der Waals surface area (Å²) < 4.78 is 66.1. The molecule has 42 nitrogen and oxygen atoms in total. The summed E-state index contributed by atoms with van der Waals surface area (Å²) in [6.45, 7) is 17.0. The number of ether oxygens (including phenoxy) is 11. The number of pyridine rings is 1. The molecule has 4 bridgehead atoms. The number of epoxide rings is 1. The number of aromatic nitrogens is 2. The van der Waals surface area contributed by atoms with Crippen molar-refractivity contribution in [1.82, 2.24) is 55.5 Å². The van der Waals surface area contributed by atoms with Crippen molar-refractivity contribution in [2.24, 2.45) is 17.8 Å². The van der Waals surface area contributed by atoms with Gasteiger partial charge in [0.15, 0.2) is 17.6 Å². The van der Waals surface area contributed by atoms with E-state index in [0.717, 1.165) is 45.6 Å². The van der Waals surface area contributed by atoms with Gasteiger partial charge in [-0.3, -0.25) is 49.1 Å². The number of Topliss-reactive ketones (excluding diaryl/α,β-unsaturated/α-hetero) is 1. The summed E-state index contributed by atoms with van der Waals surface area (Å²) >= 11 is 6.91. The van der Waals surface area contributed by atoms with Gasteiger partial charge < -0.3 is 128 Å². The number of methoxy groups -OCH3 is 1. The number of esters is 1. The number of halogens is 1. The molecule has 8 amide bonds. The first-order valence-corrected chi connectivity index (χ1v) is 47.7. The molecule has 4 aromatic rings. The summed E-state index contributed by atoms with van der Waals surface area (Å²) in [4.78, 5) is 175. The molecule has 5 saturated heterocycles. The number of rotatable bonds is 45. The van der Waals surface area contributed by atoms with Gasteiger partial charge in [0.05, 0.1) is 101 Å². The second kappa shape index (κ2) is 51.8. The average Bonchev–Trinajstić information content (AvgIpc) is 1.57. The molecule has 1 unspecified atom stereocenters. The highest BCUT2D eigenvalue weighted by Crippen LogP contribution is 2.50. The number of aryl methyl sites for hydroxylation is 2.